The van der Waals surface area contributed by atoms with Gasteiger partial charge in [0.1, 0.15) is 5.75 Å². The normalized spacial score (nSPS) is 17.9. The molecule has 4 aromatic carbocycles. The standard InChI is InChI=1S/C38H37N3O5/c1-2-3-4-5-6-7-22-39-23-8-9-32(39)24-10-12-25(13-11-24)40-35(43)28-18-20-30-34-31(21-19-29(33(28)34)36(40)44)38(46)41(37(30)45)26-14-16-27(42)17-15-26/h10-21,32,42H,2-9,22-23H2,1H3. The van der Waals surface area contributed by atoms with Crippen LogP contribution in [0.4, 0.5) is 11.4 Å². The van der Waals surface area contributed by atoms with E-state index in [-0.39, 0.29) is 28.0 Å². The van der Waals surface area contributed by atoms with Gasteiger partial charge in [0.15, 0.2) is 0 Å². The molecule has 234 valence electrons. The molecule has 1 saturated heterocycles. The Morgan fingerprint density at radius 2 is 1.07 bits per heavy atom. The minimum atomic E-state index is -0.553. The summed E-state index contributed by atoms with van der Waals surface area (Å²) >= 11 is 0. The first kappa shape index (κ1) is 29.9. The summed E-state index contributed by atoms with van der Waals surface area (Å²) in [6.45, 7) is 4.42. The van der Waals surface area contributed by atoms with E-state index in [0.717, 1.165) is 30.8 Å². The predicted octanol–water partition coefficient (Wildman–Crippen LogP) is 7.64. The van der Waals surface area contributed by atoms with Crippen LogP contribution in [0, 0.1) is 0 Å². The highest BCUT2D eigenvalue weighted by atomic mass is 16.3. The minimum Gasteiger partial charge on any atom is -0.508 e. The first-order valence-electron chi connectivity index (χ1n) is 16.4. The summed E-state index contributed by atoms with van der Waals surface area (Å²) in [4.78, 5) is 59.9. The van der Waals surface area contributed by atoms with Crippen LogP contribution in [0.1, 0.15) is 111 Å². The maximum atomic E-state index is 13.9. The van der Waals surface area contributed by atoms with Gasteiger partial charge in [-0.1, -0.05) is 51.2 Å². The Morgan fingerprint density at radius 1 is 0.609 bits per heavy atom. The molecule has 0 spiro atoms. The van der Waals surface area contributed by atoms with E-state index in [1.165, 1.54) is 73.3 Å². The number of amides is 4. The third-order valence-corrected chi connectivity index (χ3v) is 9.70. The van der Waals surface area contributed by atoms with Crippen molar-refractivity contribution in [2.75, 3.05) is 22.9 Å². The highest BCUT2D eigenvalue weighted by Gasteiger charge is 2.40. The van der Waals surface area contributed by atoms with Gasteiger partial charge in [-0.2, -0.15) is 0 Å². The third-order valence-electron chi connectivity index (χ3n) is 9.70. The maximum absolute atomic E-state index is 13.9. The largest absolute Gasteiger partial charge is 0.508 e. The summed E-state index contributed by atoms with van der Waals surface area (Å²) in [5.41, 5.74) is 3.03. The first-order valence-corrected chi connectivity index (χ1v) is 16.4. The van der Waals surface area contributed by atoms with Crippen LogP contribution >= 0.6 is 0 Å². The Labute approximate surface area is 268 Å². The molecule has 7 rings (SSSR count). The molecule has 0 aromatic heterocycles. The monoisotopic (exact) mass is 615 g/mol. The molecule has 1 atom stereocenters. The highest BCUT2D eigenvalue weighted by Crippen LogP contribution is 2.41. The Morgan fingerprint density at radius 3 is 1.57 bits per heavy atom. The zero-order valence-corrected chi connectivity index (χ0v) is 26.0. The fourth-order valence-electron chi connectivity index (χ4n) is 7.36. The van der Waals surface area contributed by atoms with Crippen LogP contribution in [0.15, 0.2) is 72.8 Å². The molecule has 1 unspecified atom stereocenters. The van der Waals surface area contributed by atoms with Gasteiger partial charge in [0.2, 0.25) is 0 Å². The molecule has 4 aromatic rings. The van der Waals surface area contributed by atoms with E-state index in [1.54, 1.807) is 24.3 Å². The van der Waals surface area contributed by atoms with Crippen molar-refractivity contribution in [1.29, 1.82) is 0 Å². The van der Waals surface area contributed by atoms with E-state index in [2.05, 4.69) is 11.8 Å². The van der Waals surface area contributed by atoms with Crippen molar-refractivity contribution >= 4 is 45.8 Å². The molecule has 46 heavy (non-hydrogen) atoms. The predicted molar refractivity (Wildman–Crippen MR) is 178 cm³/mol. The van der Waals surface area contributed by atoms with Gasteiger partial charge in [-0.05, 0) is 98.6 Å². The van der Waals surface area contributed by atoms with E-state index in [4.69, 9.17) is 0 Å². The fourth-order valence-corrected chi connectivity index (χ4v) is 7.36. The highest BCUT2D eigenvalue weighted by molar-refractivity contribution is 6.42. The molecule has 0 radical (unpaired) electrons. The number of imide groups is 2. The van der Waals surface area contributed by atoms with Gasteiger partial charge in [-0.3, -0.25) is 24.1 Å². The number of benzene rings is 4. The Hall–Kier alpha value is -4.82. The van der Waals surface area contributed by atoms with Gasteiger partial charge in [-0.15, -0.1) is 0 Å². The van der Waals surface area contributed by atoms with Crippen LogP contribution in [0.25, 0.3) is 10.8 Å². The number of phenols is 1. The van der Waals surface area contributed by atoms with Crippen LogP contribution in [-0.4, -0.2) is 46.7 Å². The Bertz CT molecular complexity index is 1790. The second kappa shape index (κ2) is 12.2. The van der Waals surface area contributed by atoms with Gasteiger partial charge in [0.25, 0.3) is 23.6 Å². The van der Waals surface area contributed by atoms with E-state index in [9.17, 15) is 24.3 Å². The average molecular weight is 616 g/mol. The molecule has 4 amide bonds. The Kier molecular flexibility index (Phi) is 7.90. The molecule has 8 heteroatoms. The van der Waals surface area contributed by atoms with E-state index in [1.807, 2.05) is 24.3 Å². The molecule has 8 nitrogen and oxygen atoms in total. The lowest BCUT2D eigenvalue weighted by Crippen LogP contribution is -2.43. The van der Waals surface area contributed by atoms with Gasteiger partial charge in [-0.25, -0.2) is 9.80 Å². The van der Waals surface area contributed by atoms with Crippen LogP contribution in [0.5, 0.6) is 5.75 Å². The average Bonchev–Trinajstić information content (AvgIpc) is 3.54. The molecule has 0 bridgehead atoms. The van der Waals surface area contributed by atoms with Crippen molar-refractivity contribution in [3.8, 4) is 5.75 Å². The summed E-state index contributed by atoms with van der Waals surface area (Å²) in [5.74, 6) is -2.06. The summed E-state index contributed by atoms with van der Waals surface area (Å²) in [6, 6.07) is 20.2. The number of phenolic OH excluding ortho intramolecular Hbond substituents is 1. The summed E-state index contributed by atoms with van der Waals surface area (Å²) in [5, 5.41) is 10.3. The van der Waals surface area contributed by atoms with E-state index >= 15 is 0 Å². The molecule has 0 aliphatic carbocycles. The second-order valence-corrected chi connectivity index (χ2v) is 12.5. The Balaban J connectivity index is 1.15. The third kappa shape index (κ3) is 4.97. The number of likely N-dealkylation sites (tertiary alicyclic amines) is 1. The second-order valence-electron chi connectivity index (χ2n) is 12.5. The smallest absolute Gasteiger partial charge is 0.265 e. The molecular formula is C38H37N3O5. The van der Waals surface area contributed by atoms with Crippen molar-refractivity contribution in [2.24, 2.45) is 0 Å². The lowest BCUT2D eigenvalue weighted by atomic mass is 9.85. The van der Waals surface area contributed by atoms with Crippen molar-refractivity contribution < 1.29 is 24.3 Å². The number of carbonyl (C=O) groups excluding carboxylic acids is 4. The molecule has 1 N–H and O–H groups in total. The van der Waals surface area contributed by atoms with E-state index < -0.39 is 23.6 Å². The number of nitrogens with zero attached hydrogens (tertiary/aromatic N) is 3. The summed E-state index contributed by atoms with van der Waals surface area (Å²) < 4.78 is 0. The van der Waals surface area contributed by atoms with Crippen LogP contribution in [0.2, 0.25) is 0 Å². The van der Waals surface area contributed by atoms with Gasteiger partial charge < -0.3 is 5.11 Å². The number of unbranched alkanes of at least 4 members (excludes halogenated alkanes) is 5. The SMILES string of the molecule is CCCCCCCCN1CCCC1c1ccc(N2C(=O)c3ccc4c5c(ccc(c35)C2=O)C(=O)N(c2ccc(O)cc2)C4=O)cc1. The number of carbonyl (C=O) groups is 4. The van der Waals surface area contributed by atoms with Crippen molar-refractivity contribution in [3.05, 3.63) is 101 Å². The van der Waals surface area contributed by atoms with Gasteiger partial charge in [0.05, 0.1) is 11.4 Å². The van der Waals surface area contributed by atoms with Crippen molar-refractivity contribution in [1.82, 2.24) is 4.90 Å². The zero-order valence-electron chi connectivity index (χ0n) is 26.0. The number of aromatic hydroxyl groups is 1. The molecule has 3 heterocycles. The first-order chi connectivity index (χ1) is 22.4. The quantitative estimate of drug-likeness (QED) is 0.145. The van der Waals surface area contributed by atoms with Crippen molar-refractivity contribution in [3.63, 3.8) is 0 Å². The number of hydrogen-bond donors (Lipinski definition) is 1. The molecular weight excluding hydrogens is 578 g/mol. The zero-order chi connectivity index (χ0) is 31.9. The minimum absolute atomic E-state index is 0.0137. The topological polar surface area (TPSA) is 98.2 Å². The van der Waals surface area contributed by atoms with Crippen LogP contribution in [0.3, 0.4) is 0 Å². The molecule has 0 saturated carbocycles. The molecule has 3 aliphatic rings. The number of rotatable bonds is 10. The fraction of sp³-hybridized carbons (Fsp3) is 0.316. The van der Waals surface area contributed by atoms with Gasteiger partial charge >= 0.3 is 0 Å². The maximum Gasteiger partial charge on any atom is 0.265 e. The van der Waals surface area contributed by atoms with Crippen LogP contribution in [-0.2, 0) is 0 Å². The molecule has 1 fully saturated rings. The van der Waals surface area contributed by atoms with Crippen LogP contribution < -0.4 is 9.80 Å². The summed E-state index contributed by atoms with van der Waals surface area (Å²) in [7, 11) is 0. The molecule has 3 aliphatic heterocycles. The number of hydrogen-bond acceptors (Lipinski definition) is 6. The number of anilines is 2. The summed E-state index contributed by atoms with van der Waals surface area (Å²) in [6.07, 6.45) is 9.89. The lowest BCUT2D eigenvalue weighted by molar-refractivity contribution is 0.0873. The van der Waals surface area contributed by atoms with Gasteiger partial charge in [0, 0.05) is 39.1 Å². The van der Waals surface area contributed by atoms with Crippen molar-refractivity contribution in [2.45, 2.75) is 64.3 Å². The lowest BCUT2D eigenvalue weighted by Gasteiger charge is -2.32. The van der Waals surface area contributed by atoms with E-state index in [0.29, 0.717) is 28.2 Å².